The quantitative estimate of drug-likeness (QED) is 0.570. The van der Waals surface area contributed by atoms with E-state index in [0.29, 0.717) is 10.5 Å². The first kappa shape index (κ1) is 20.4. The molecule has 1 aromatic heterocycles. The molecule has 2 rings (SSSR count). The molecule has 0 amide bonds. The summed E-state index contributed by atoms with van der Waals surface area (Å²) in [6.45, 7) is 16.7. The van der Waals surface area contributed by atoms with Crippen molar-refractivity contribution < 1.29 is 5.11 Å². The van der Waals surface area contributed by atoms with Gasteiger partial charge in [0.25, 0.3) is 0 Å². The van der Waals surface area contributed by atoms with Gasteiger partial charge in [-0.1, -0.05) is 55.4 Å². The van der Waals surface area contributed by atoms with Gasteiger partial charge in [-0.3, -0.25) is 5.10 Å². The van der Waals surface area contributed by atoms with Crippen molar-refractivity contribution in [2.75, 3.05) is 0 Å². The fourth-order valence-corrected chi connectivity index (χ4v) is 2.97. The first-order valence-electron chi connectivity index (χ1n) is 8.92. The van der Waals surface area contributed by atoms with E-state index in [4.69, 9.17) is 12.2 Å². The lowest BCUT2D eigenvalue weighted by Gasteiger charge is -2.27. The highest BCUT2D eigenvalue weighted by Gasteiger charge is 2.26. The minimum atomic E-state index is -0.178. The Hall–Kier alpha value is -1.95. The molecule has 0 saturated heterocycles. The number of phenols is 1. The molecule has 1 heterocycles. The Kier molecular flexibility index (Phi) is 5.47. The average Bonchev–Trinajstić information content (AvgIpc) is 2.85. The van der Waals surface area contributed by atoms with Gasteiger partial charge in [-0.15, -0.1) is 0 Å². The summed E-state index contributed by atoms with van der Waals surface area (Å²) < 4.78 is 2.12. The van der Waals surface area contributed by atoms with Crippen LogP contribution in [-0.2, 0) is 10.8 Å². The maximum absolute atomic E-state index is 10.8. The number of aromatic nitrogens is 3. The summed E-state index contributed by atoms with van der Waals surface area (Å²) >= 11 is 5.29. The Bertz CT molecular complexity index is 841. The lowest BCUT2D eigenvalue weighted by atomic mass is 9.78. The standard InChI is InChI=1S/C20H30N4OS/c1-12(2)17-22-23-18(26)24(17)21-11-13-9-14(19(3,4)5)16(25)15(10-13)20(6,7)8/h9-12,25H,1-8H3,(H,23,26)/b21-11-. The highest BCUT2D eigenvalue weighted by Crippen LogP contribution is 2.39. The summed E-state index contributed by atoms with van der Waals surface area (Å²) in [5.74, 6) is 1.36. The van der Waals surface area contributed by atoms with E-state index in [9.17, 15) is 5.11 Å². The Labute approximate surface area is 161 Å². The molecule has 5 nitrogen and oxygen atoms in total. The second-order valence-electron chi connectivity index (χ2n) is 9.06. The molecule has 1 aromatic carbocycles. The zero-order valence-corrected chi connectivity index (χ0v) is 17.8. The molecule has 2 N–H and O–H groups in total. The van der Waals surface area contributed by atoms with Crippen LogP contribution in [0.15, 0.2) is 17.2 Å². The van der Waals surface area contributed by atoms with Crippen LogP contribution in [0.3, 0.4) is 0 Å². The summed E-state index contributed by atoms with van der Waals surface area (Å²) in [6.07, 6.45) is 1.78. The molecule has 0 unspecified atom stereocenters. The van der Waals surface area contributed by atoms with E-state index in [1.54, 1.807) is 10.9 Å². The van der Waals surface area contributed by atoms with Gasteiger partial charge in [0.15, 0.2) is 5.82 Å². The van der Waals surface area contributed by atoms with E-state index in [-0.39, 0.29) is 16.7 Å². The molecule has 0 bridgehead atoms. The molecule has 0 aliphatic carbocycles. The van der Waals surface area contributed by atoms with Crippen LogP contribution in [0, 0.1) is 4.77 Å². The lowest BCUT2D eigenvalue weighted by Crippen LogP contribution is -2.18. The molecule has 0 spiro atoms. The zero-order chi connectivity index (χ0) is 19.9. The van der Waals surface area contributed by atoms with Crippen molar-refractivity contribution in [2.24, 2.45) is 5.10 Å². The normalized spacial score (nSPS) is 13.1. The second kappa shape index (κ2) is 6.99. The highest BCUT2D eigenvalue weighted by molar-refractivity contribution is 7.71. The first-order chi connectivity index (χ1) is 11.8. The van der Waals surface area contributed by atoms with Gasteiger partial charge < -0.3 is 5.11 Å². The van der Waals surface area contributed by atoms with Gasteiger partial charge in [-0.05, 0) is 40.7 Å². The van der Waals surface area contributed by atoms with Crippen LogP contribution in [0.4, 0.5) is 0 Å². The van der Waals surface area contributed by atoms with E-state index in [1.165, 1.54) is 0 Å². The van der Waals surface area contributed by atoms with Crippen molar-refractivity contribution in [1.82, 2.24) is 14.9 Å². The first-order valence-corrected chi connectivity index (χ1v) is 9.33. The largest absolute Gasteiger partial charge is 0.507 e. The summed E-state index contributed by atoms with van der Waals surface area (Å²) in [4.78, 5) is 0. The number of nitrogens with zero attached hydrogens (tertiary/aromatic N) is 3. The molecular formula is C20H30N4OS. The molecular weight excluding hydrogens is 344 g/mol. The summed E-state index contributed by atoms with van der Waals surface area (Å²) in [6, 6.07) is 3.99. The number of hydrogen-bond acceptors (Lipinski definition) is 4. The fraction of sp³-hybridized carbons (Fsp3) is 0.550. The minimum Gasteiger partial charge on any atom is -0.507 e. The van der Waals surface area contributed by atoms with Crippen molar-refractivity contribution in [2.45, 2.75) is 72.1 Å². The van der Waals surface area contributed by atoms with Gasteiger partial charge in [-0.2, -0.15) is 14.9 Å². The topological polar surface area (TPSA) is 66.2 Å². The molecule has 26 heavy (non-hydrogen) atoms. The molecule has 0 atom stereocenters. The number of rotatable bonds is 3. The van der Waals surface area contributed by atoms with E-state index < -0.39 is 0 Å². The third kappa shape index (κ3) is 4.23. The Morgan fingerprint density at radius 3 is 2.04 bits per heavy atom. The van der Waals surface area contributed by atoms with Crippen molar-refractivity contribution in [3.63, 3.8) is 0 Å². The van der Waals surface area contributed by atoms with Crippen molar-refractivity contribution in [3.05, 3.63) is 39.4 Å². The Balaban J connectivity index is 2.61. The van der Waals surface area contributed by atoms with Crippen LogP contribution in [0.1, 0.15) is 83.8 Å². The molecule has 0 fully saturated rings. The lowest BCUT2D eigenvalue weighted by molar-refractivity contribution is 0.423. The predicted octanol–water partition coefficient (Wildman–Crippen LogP) is 5.25. The maximum atomic E-state index is 10.8. The third-order valence-corrected chi connectivity index (χ3v) is 4.53. The van der Waals surface area contributed by atoms with Crippen molar-refractivity contribution >= 4 is 18.4 Å². The Morgan fingerprint density at radius 2 is 1.62 bits per heavy atom. The minimum absolute atomic E-state index is 0.178. The average molecular weight is 375 g/mol. The monoisotopic (exact) mass is 374 g/mol. The number of aromatic amines is 1. The van der Waals surface area contributed by atoms with Gasteiger partial charge in [0.1, 0.15) is 5.75 Å². The van der Waals surface area contributed by atoms with Gasteiger partial charge in [0.05, 0.1) is 6.21 Å². The van der Waals surface area contributed by atoms with E-state index in [2.05, 4.69) is 56.8 Å². The smallest absolute Gasteiger partial charge is 0.216 e. The van der Waals surface area contributed by atoms with Crippen molar-refractivity contribution in [3.8, 4) is 5.75 Å². The molecule has 0 aliphatic rings. The second-order valence-corrected chi connectivity index (χ2v) is 9.45. The molecule has 0 radical (unpaired) electrons. The van der Waals surface area contributed by atoms with Gasteiger partial charge >= 0.3 is 0 Å². The van der Waals surface area contributed by atoms with Crippen LogP contribution < -0.4 is 0 Å². The number of H-pyrrole nitrogens is 1. The van der Waals surface area contributed by atoms with Gasteiger partial charge in [0.2, 0.25) is 4.77 Å². The molecule has 0 saturated carbocycles. The van der Waals surface area contributed by atoms with Gasteiger partial charge in [-0.25, -0.2) is 0 Å². The third-order valence-electron chi connectivity index (χ3n) is 4.26. The van der Waals surface area contributed by atoms with Gasteiger partial charge in [0, 0.05) is 17.0 Å². The van der Waals surface area contributed by atoms with Crippen molar-refractivity contribution in [1.29, 1.82) is 0 Å². The number of benzene rings is 1. The molecule has 142 valence electrons. The van der Waals surface area contributed by atoms with Crippen LogP contribution in [0.2, 0.25) is 0 Å². The number of phenolic OH excluding ortho intramolecular Hbond substituents is 1. The summed E-state index contributed by atoms with van der Waals surface area (Å²) in [5, 5.41) is 22.4. The number of aromatic hydroxyl groups is 1. The summed E-state index contributed by atoms with van der Waals surface area (Å²) in [7, 11) is 0. The van der Waals surface area contributed by atoms with Crippen LogP contribution >= 0.6 is 12.2 Å². The van der Waals surface area contributed by atoms with Crippen LogP contribution in [0.25, 0.3) is 0 Å². The van der Waals surface area contributed by atoms with E-state index in [0.717, 1.165) is 22.5 Å². The molecule has 2 aromatic rings. The van der Waals surface area contributed by atoms with E-state index >= 15 is 0 Å². The zero-order valence-electron chi connectivity index (χ0n) is 17.0. The fourth-order valence-electron chi connectivity index (χ4n) is 2.79. The maximum Gasteiger partial charge on any atom is 0.216 e. The highest BCUT2D eigenvalue weighted by atomic mass is 32.1. The van der Waals surface area contributed by atoms with Crippen LogP contribution in [0.5, 0.6) is 5.75 Å². The number of hydrogen-bond donors (Lipinski definition) is 2. The number of nitrogens with one attached hydrogen (secondary N) is 1. The molecule has 0 aliphatic heterocycles. The predicted molar refractivity (Wildman–Crippen MR) is 110 cm³/mol. The molecule has 6 heteroatoms. The SMILES string of the molecule is CC(C)c1n[nH]c(=S)n1/N=C\c1cc(C(C)(C)C)c(O)c(C(C)(C)C)c1. The Morgan fingerprint density at radius 1 is 1.12 bits per heavy atom. The van der Waals surface area contributed by atoms with E-state index in [1.807, 2.05) is 26.0 Å². The summed E-state index contributed by atoms with van der Waals surface area (Å²) in [5.41, 5.74) is 2.39. The van der Waals surface area contributed by atoms with Crippen LogP contribution in [-0.4, -0.2) is 26.2 Å².